The molecule has 2 heteroatoms. The molecule has 0 aliphatic carbocycles. The molecule has 0 saturated carbocycles. The van der Waals surface area contributed by atoms with Gasteiger partial charge in [0.15, 0.2) is 0 Å². The Morgan fingerprint density at radius 3 is 1.62 bits per heavy atom. The summed E-state index contributed by atoms with van der Waals surface area (Å²) in [7, 11) is 0. The van der Waals surface area contributed by atoms with Crippen molar-refractivity contribution in [3.8, 4) is 0 Å². The van der Waals surface area contributed by atoms with Crippen LogP contribution in [-0.2, 0) is 9.47 Å². The van der Waals surface area contributed by atoms with Gasteiger partial charge in [-0.3, -0.25) is 0 Å². The van der Waals surface area contributed by atoms with Gasteiger partial charge in [0, 0.05) is 0 Å². The molecule has 0 N–H and O–H groups in total. The first-order valence-corrected chi connectivity index (χ1v) is 2.76. The lowest BCUT2D eigenvalue weighted by molar-refractivity contribution is -0.0118. The minimum absolute atomic E-state index is 0.194. The predicted molar refractivity (Wildman–Crippen MR) is 30.2 cm³/mol. The molecule has 8 heavy (non-hydrogen) atoms. The molecule has 2 nitrogen and oxygen atoms in total. The highest BCUT2D eigenvalue weighted by molar-refractivity contribution is 4.75. The van der Waals surface area contributed by atoms with E-state index in [0.29, 0.717) is 0 Å². The zero-order chi connectivity index (χ0) is 5.98. The van der Waals surface area contributed by atoms with Gasteiger partial charge < -0.3 is 9.47 Å². The van der Waals surface area contributed by atoms with Gasteiger partial charge in [-0.15, -0.1) is 0 Å². The number of rotatable bonds is 0. The standard InChI is InChI=1S/C6H10O2/c1-5-6(2)8-4-3-7-5/h3-6H,1-2H3/t5-,6-/m1/s1. The summed E-state index contributed by atoms with van der Waals surface area (Å²) in [5, 5.41) is 0. The second-order valence-electron chi connectivity index (χ2n) is 1.95. The summed E-state index contributed by atoms with van der Waals surface area (Å²) in [5.74, 6) is 0. The largest absolute Gasteiger partial charge is 0.491 e. The van der Waals surface area contributed by atoms with Crippen LogP contribution >= 0.6 is 0 Å². The van der Waals surface area contributed by atoms with E-state index in [1.54, 1.807) is 12.5 Å². The number of hydrogen-bond acceptors (Lipinski definition) is 2. The van der Waals surface area contributed by atoms with E-state index < -0.39 is 0 Å². The van der Waals surface area contributed by atoms with E-state index in [1.807, 2.05) is 13.8 Å². The molecular weight excluding hydrogens is 104 g/mol. The first-order chi connectivity index (χ1) is 3.80. The van der Waals surface area contributed by atoms with E-state index in [4.69, 9.17) is 9.47 Å². The average Bonchev–Trinajstić information content (AvgIpc) is 1.77. The van der Waals surface area contributed by atoms with Gasteiger partial charge in [-0.25, -0.2) is 0 Å². The molecule has 0 radical (unpaired) electrons. The van der Waals surface area contributed by atoms with Gasteiger partial charge in [0.2, 0.25) is 0 Å². The Balaban J connectivity index is 2.44. The van der Waals surface area contributed by atoms with Crippen molar-refractivity contribution in [2.45, 2.75) is 26.1 Å². The maximum atomic E-state index is 5.08. The van der Waals surface area contributed by atoms with Crippen LogP contribution in [0.5, 0.6) is 0 Å². The molecule has 46 valence electrons. The van der Waals surface area contributed by atoms with Crippen molar-refractivity contribution in [3.63, 3.8) is 0 Å². The summed E-state index contributed by atoms with van der Waals surface area (Å²) in [6, 6.07) is 0. The average molecular weight is 114 g/mol. The minimum atomic E-state index is 0.194. The Hall–Kier alpha value is -0.660. The maximum Gasteiger partial charge on any atom is 0.132 e. The molecule has 0 saturated heterocycles. The van der Waals surface area contributed by atoms with Crippen molar-refractivity contribution >= 4 is 0 Å². The zero-order valence-electron chi connectivity index (χ0n) is 5.13. The van der Waals surface area contributed by atoms with Crippen molar-refractivity contribution in [3.05, 3.63) is 12.5 Å². The molecule has 0 unspecified atom stereocenters. The summed E-state index contributed by atoms with van der Waals surface area (Å²) >= 11 is 0. The van der Waals surface area contributed by atoms with Crippen LogP contribution in [-0.4, -0.2) is 12.2 Å². The second-order valence-corrected chi connectivity index (χ2v) is 1.95. The molecule has 0 aromatic carbocycles. The van der Waals surface area contributed by atoms with Crippen LogP contribution in [0.15, 0.2) is 12.5 Å². The molecule has 0 aromatic rings. The Bertz CT molecular complexity index is 86.7. The molecule has 1 aliphatic heterocycles. The normalized spacial score (nSPS) is 35.8. The fourth-order valence-corrected chi connectivity index (χ4v) is 0.533. The van der Waals surface area contributed by atoms with Crippen LogP contribution in [0.2, 0.25) is 0 Å². The Morgan fingerprint density at radius 2 is 1.38 bits per heavy atom. The van der Waals surface area contributed by atoms with Crippen molar-refractivity contribution in [1.82, 2.24) is 0 Å². The summed E-state index contributed by atoms with van der Waals surface area (Å²) in [6.07, 6.45) is 3.54. The van der Waals surface area contributed by atoms with Crippen LogP contribution in [0.4, 0.5) is 0 Å². The quantitative estimate of drug-likeness (QED) is 0.472. The van der Waals surface area contributed by atoms with Gasteiger partial charge in [0.1, 0.15) is 24.7 Å². The number of ether oxygens (including phenoxy) is 2. The number of hydrogen-bond donors (Lipinski definition) is 0. The van der Waals surface area contributed by atoms with Crippen molar-refractivity contribution < 1.29 is 9.47 Å². The van der Waals surface area contributed by atoms with E-state index in [0.717, 1.165) is 0 Å². The molecule has 1 heterocycles. The van der Waals surface area contributed by atoms with Crippen LogP contribution in [0.25, 0.3) is 0 Å². The fraction of sp³-hybridized carbons (Fsp3) is 0.667. The molecular formula is C6H10O2. The summed E-state index contributed by atoms with van der Waals surface area (Å²) in [4.78, 5) is 0. The molecule has 1 rings (SSSR count). The second kappa shape index (κ2) is 2.07. The van der Waals surface area contributed by atoms with E-state index in [9.17, 15) is 0 Å². The van der Waals surface area contributed by atoms with E-state index >= 15 is 0 Å². The molecule has 0 aromatic heterocycles. The first-order valence-electron chi connectivity index (χ1n) is 2.76. The lowest BCUT2D eigenvalue weighted by Gasteiger charge is -2.22. The Morgan fingerprint density at radius 1 is 1.00 bits per heavy atom. The lowest BCUT2D eigenvalue weighted by Crippen LogP contribution is -2.25. The highest BCUT2D eigenvalue weighted by atomic mass is 16.6. The van der Waals surface area contributed by atoms with Crippen molar-refractivity contribution in [1.29, 1.82) is 0 Å². The molecule has 0 spiro atoms. The van der Waals surface area contributed by atoms with Gasteiger partial charge in [0.05, 0.1) is 0 Å². The third-order valence-corrected chi connectivity index (χ3v) is 1.30. The molecule has 0 fully saturated rings. The van der Waals surface area contributed by atoms with Gasteiger partial charge in [-0.1, -0.05) is 0 Å². The molecule has 0 bridgehead atoms. The van der Waals surface area contributed by atoms with Crippen molar-refractivity contribution in [2.24, 2.45) is 0 Å². The topological polar surface area (TPSA) is 18.5 Å². The van der Waals surface area contributed by atoms with Crippen LogP contribution in [0.3, 0.4) is 0 Å². The summed E-state index contributed by atoms with van der Waals surface area (Å²) in [5.41, 5.74) is 0. The third-order valence-electron chi connectivity index (χ3n) is 1.30. The van der Waals surface area contributed by atoms with Gasteiger partial charge >= 0.3 is 0 Å². The van der Waals surface area contributed by atoms with Crippen LogP contribution < -0.4 is 0 Å². The van der Waals surface area contributed by atoms with Crippen LogP contribution in [0.1, 0.15) is 13.8 Å². The predicted octanol–water partition coefficient (Wildman–Crippen LogP) is 1.28. The monoisotopic (exact) mass is 114 g/mol. The van der Waals surface area contributed by atoms with Gasteiger partial charge in [0.25, 0.3) is 0 Å². The van der Waals surface area contributed by atoms with Crippen molar-refractivity contribution in [2.75, 3.05) is 0 Å². The van der Waals surface area contributed by atoms with Gasteiger partial charge in [-0.05, 0) is 13.8 Å². The van der Waals surface area contributed by atoms with E-state index in [1.165, 1.54) is 0 Å². The molecule has 2 atom stereocenters. The highest BCUT2D eigenvalue weighted by Gasteiger charge is 2.14. The van der Waals surface area contributed by atoms with Crippen LogP contribution in [0, 0.1) is 0 Å². The third kappa shape index (κ3) is 0.941. The Kier molecular flexibility index (Phi) is 1.42. The van der Waals surface area contributed by atoms with E-state index in [2.05, 4.69) is 0 Å². The first kappa shape index (κ1) is 5.48. The minimum Gasteiger partial charge on any atom is -0.491 e. The van der Waals surface area contributed by atoms with E-state index in [-0.39, 0.29) is 12.2 Å². The summed E-state index contributed by atoms with van der Waals surface area (Å²) < 4.78 is 10.2. The smallest absolute Gasteiger partial charge is 0.132 e. The highest BCUT2D eigenvalue weighted by Crippen LogP contribution is 2.08. The fourth-order valence-electron chi connectivity index (χ4n) is 0.533. The maximum absolute atomic E-state index is 5.08. The lowest BCUT2D eigenvalue weighted by atomic mass is 10.2. The van der Waals surface area contributed by atoms with Gasteiger partial charge in [-0.2, -0.15) is 0 Å². The zero-order valence-corrected chi connectivity index (χ0v) is 5.13. The molecule has 1 aliphatic rings. The summed E-state index contributed by atoms with van der Waals surface area (Å²) in [6.45, 7) is 3.96. The SMILES string of the molecule is C[C@H]1OC=CO[C@@H]1C. The Labute approximate surface area is 49.1 Å². The molecule has 0 amide bonds.